The average Bonchev–Trinajstić information content (AvgIpc) is 2.14. The fourth-order valence-corrected chi connectivity index (χ4v) is 4.73. The molecule has 0 spiro atoms. The summed E-state index contributed by atoms with van der Waals surface area (Å²) in [7, 11) is 1.31. The van der Waals surface area contributed by atoms with Crippen molar-refractivity contribution in [2.75, 3.05) is 7.11 Å². The van der Waals surface area contributed by atoms with Gasteiger partial charge in [0, 0.05) is 0 Å². The second kappa shape index (κ2) is 7.04. The number of aldehydes is 1. The maximum absolute atomic E-state index is 10.9. The topological polar surface area (TPSA) is 43.4 Å². The summed E-state index contributed by atoms with van der Waals surface area (Å²) in [6, 6.07) is 0. The zero-order chi connectivity index (χ0) is 11.9. The molecule has 0 atom stereocenters. The molecule has 0 aromatic rings. The maximum atomic E-state index is 10.9. The Morgan fingerprint density at radius 3 is 2.33 bits per heavy atom. The van der Waals surface area contributed by atoms with E-state index in [-0.39, 0.29) is 0 Å². The van der Waals surface area contributed by atoms with E-state index in [1.54, 1.807) is 0 Å². The quantitative estimate of drug-likeness (QED) is 0.327. The Hall–Kier alpha value is -0.321. The molecule has 0 aromatic carbocycles. The molecule has 0 heterocycles. The van der Waals surface area contributed by atoms with E-state index in [0.717, 1.165) is 12.7 Å². The Balaban J connectivity index is 4.07. The Morgan fingerprint density at radius 1 is 1.33 bits per heavy atom. The summed E-state index contributed by atoms with van der Waals surface area (Å²) in [5, 5.41) is 0. The Morgan fingerprint density at radius 2 is 1.93 bits per heavy atom. The van der Waals surface area contributed by atoms with Gasteiger partial charge in [-0.2, -0.15) is 0 Å². The Labute approximate surface area is 95.8 Å². The molecule has 0 saturated heterocycles. The summed E-state index contributed by atoms with van der Waals surface area (Å²) >= 11 is -1.71. The van der Waals surface area contributed by atoms with Crippen LogP contribution in [-0.4, -0.2) is 37.7 Å². The molecule has 15 heavy (non-hydrogen) atoms. The van der Waals surface area contributed by atoms with Gasteiger partial charge in [0.15, 0.2) is 0 Å². The van der Waals surface area contributed by atoms with Gasteiger partial charge in [-0.1, -0.05) is 0 Å². The molecule has 0 saturated carbocycles. The molecule has 0 aliphatic heterocycles. The summed E-state index contributed by atoms with van der Waals surface area (Å²) in [4.78, 5) is 28.6. The van der Waals surface area contributed by atoms with E-state index in [0.29, 0.717) is 12.0 Å². The molecule has 0 unspecified atom stereocenters. The van der Waals surface area contributed by atoms with Gasteiger partial charge in [0.1, 0.15) is 0 Å². The monoisotopic (exact) mass is 320 g/mol. The van der Waals surface area contributed by atoms with Gasteiger partial charge >= 0.3 is 95.8 Å². The number of carbonyl (C=O) groups is 2. The SMILES string of the molecule is COC(=O)/C=C(\C=O)CC[CH2][Sn]([CH3])([CH3])[CH3]. The van der Waals surface area contributed by atoms with Crippen LogP contribution in [0.3, 0.4) is 0 Å². The molecule has 0 amide bonds. The third kappa shape index (κ3) is 8.66. The van der Waals surface area contributed by atoms with Crippen LogP contribution in [0.15, 0.2) is 11.6 Å². The molecule has 0 rings (SSSR count). The zero-order valence-electron chi connectivity index (χ0n) is 10.0. The van der Waals surface area contributed by atoms with Crippen LogP contribution in [0, 0.1) is 0 Å². The first-order chi connectivity index (χ1) is 6.89. The first-order valence-corrected chi connectivity index (χ1v) is 15.7. The van der Waals surface area contributed by atoms with Gasteiger partial charge in [0.25, 0.3) is 0 Å². The van der Waals surface area contributed by atoms with E-state index < -0.39 is 24.3 Å². The van der Waals surface area contributed by atoms with Crippen molar-refractivity contribution in [3.8, 4) is 0 Å². The van der Waals surface area contributed by atoms with Crippen LogP contribution >= 0.6 is 0 Å². The second-order valence-electron chi connectivity index (χ2n) is 4.77. The molecule has 0 bridgehead atoms. The van der Waals surface area contributed by atoms with Gasteiger partial charge in [-0.15, -0.1) is 0 Å². The number of hydrogen-bond acceptors (Lipinski definition) is 3. The molecule has 0 aromatic heterocycles. The zero-order valence-corrected chi connectivity index (χ0v) is 12.9. The van der Waals surface area contributed by atoms with Crippen molar-refractivity contribution in [1.82, 2.24) is 0 Å². The van der Waals surface area contributed by atoms with Crippen LogP contribution in [0.25, 0.3) is 0 Å². The summed E-state index contributed by atoms with van der Waals surface area (Å²) in [5.74, 6) is -0.448. The average molecular weight is 319 g/mol. The first kappa shape index (κ1) is 14.7. The van der Waals surface area contributed by atoms with Crippen LogP contribution in [0.1, 0.15) is 12.8 Å². The van der Waals surface area contributed by atoms with Gasteiger partial charge < -0.3 is 0 Å². The van der Waals surface area contributed by atoms with Crippen molar-refractivity contribution in [2.45, 2.75) is 32.1 Å². The van der Waals surface area contributed by atoms with Crippen molar-refractivity contribution >= 4 is 30.6 Å². The summed E-state index contributed by atoms with van der Waals surface area (Å²) in [6.45, 7) is 0. The molecule has 0 aliphatic rings. The summed E-state index contributed by atoms with van der Waals surface area (Å²) < 4.78 is 5.71. The minimum atomic E-state index is -1.71. The van der Waals surface area contributed by atoms with E-state index in [4.69, 9.17) is 0 Å². The fourth-order valence-electron chi connectivity index (χ4n) is 1.20. The van der Waals surface area contributed by atoms with Crippen LogP contribution in [0.2, 0.25) is 19.3 Å². The number of carbonyl (C=O) groups excluding carboxylic acids is 2. The number of hydrogen-bond donors (Lipinski definition) is 0. The van der Waals surface area contributed by atoms with Gasteiger partial charge in [-0.05, 0) is 0 Å². The molecule has 0 radical (unpaired) electrons. The molecule has 0 N–H and O–H groups in total. The van der Waals surface area contributed by atoms with Crippen LogP contribution < -0.4 is 0 Å². The predicted molar refractivity (Wildman–Crippen MR) is 63.6 cm³/mol. The van der Waals surface area contributed by atoms with E-state index >= 15 is 0 Å². The number of esters is 1. The van der Waals surface area contributed by atoms with Gasteiger partial charge in [-0.25, -0.2) is 0 Å². The number of rotatable bonds is 6. The Bertz CT molecular complexity index is 251. The molecule has 0 fully saturated rings. The molecule has 3 nitrogen and oxygen atoms in total. The standard InChI is InChI=1S/C8H11O3.3CH3.Sn/c1-3-4-7(6-9)5-8(10)11-2;;;;/h5-6H,1,3-4H2,2H3;3*1H3;/b7-5-;;;;. The third-order valence-electron chi connectivity index (χ3n) is 2.05. The van der Waals surface area contributed by atoms with Crippen LogP contribution in [0.5, 0.6) is 0 Å². The summed E-state index contributed by atoms with van der Waals surface area (Å²) in [5.41, 5.74) is 0.539. The van der Waals surface area contributed by atoms with E-state index in [1.165, 1.54) is 17.6 Å². The third-order valence-corrected chi connectivity index (χ3v) is 7.34. The number of allylic oxidation sites excluding steroid dienone is 1. The van der Waals surface area contributed by atoms with Crippen molar-refractivity contribution in [3.05, 3.63) is 11.6 Å². The van der Waals surface area contributed by atoms with Gasteiger partial charge in [0.05, 0.1) is 0 Å². The van der Waals surface area contributed by atoms with Gasteiger partial charge in [-0.3, -0.25) is 0 Å². The van der Waals surface area contributed by atoms with E-state index in [9.17, 15) is 9.59 Å². The second-order valence-corrected chi connectivity index (χ2v) is 20.8. The molecule has 0 aliphatic carbocycles. The summed E-state index contributed by atoms with van der Waals surface area (Å²) in [6.07, 6.45) is 3.72. The fraction of sp³-hybridized carbons (Fsp3) is 0.636. The molecular weight excluding hydrogens is 299 g/mol. The number of methoxy groups -OCH3 is 1. The minimum absolute atomic E-state index is 0.448. The van der Waals surface area contributed by atoms with Crippen molar-refractivity contribution in [1.29, 1.82) is 0 Å². The molecule has 86 valence electrons. The Kier molecular flexibility index (Phi) is 6.88. The van der Waals surface area contributed by atoms with Gasteiger partial charge in [0.2, 0.25) is 0 Å². The number of ether oxygens (including phenoxy) is 1. The normalized spacial score (nSPS) is 12.4. The molecule has 4 heteroatoms. The van der Waals surface area contributed by atoms with Crippen molar-refractivity contribution in [2.24, 2.45) is 0 Å². The van der Waals surface area contributed by atoms with E-state index in [1.807, 2.05) is 0 Å². The van der Waals surface area contributed by atoms with Crippen LogP contribution in [-0.2, 0) is 14.3 Å². The van der Waals surface area contributed by atoms with Crippen molar-refractivity contribution < 1.29 is 14.3 Å². The predicted octanol–water partition coefficient (Wildman–Crippen LogP) is 2.40. The first-order valence-electron chi connectivity index (χ1n) is 5.13. The van der Waals surface area contributed by atoms with Crippen molar-refractivity contribution in [3.63, 3.8) is 0 Å². The molecular formula is C11H20O3Sn. The van der Waals surface area contributed by atoms with Crippen LogP contribution in [0.4, 0.5) is 0 Å². The van der Waals surface area contributed by atoms with E-state index in [2.05, 4.69) is 19.6 Å².